The van der Waals surface area contributed by atoms with Gasteiger partial charge >= 0.3 is 0 Å². The van der Waals surface area contributed by atoms with Crippen molar-refractivity contribution in [1.82, 2.24) is 14.8 Å². The van der Waals surface area contributed by atoms with E-state index >= 15 is 0 Å². The molecule has 5 heteroatoms. The van der Waals surface area contributed by atoms with Crippen molar-refractivity contribution in [3.05, 3.63) is 52.8 Å². The molecule has 1 aliphatic rings. The molecule has 0 saturated carbocycles. The van der Waals surface area contributed by atoms with Gasteiger partial charge in [-0.25, -0.2) is 0 Å². The first-order valence-corrected chi connectivity index (χ1v) is 9.30. The number of nitrogens with one attached hydrogen (secondary N) is 1. The maximum Gasteiger partial charge on any atom is 0.253 e. The van der Waals surface area contributed by atoms with E-state index in [-0.39, 0.29) is 11.8 Å². The third kappa shape index (κ3) is 3.66. The van der Waals surface area contributed by atoms with Crippen LogP contribution in [0.3, 0.4) is 0 Å². The third-order valence-corrected chi connectivity index (χ3v) is 5.12. The monoisotopic (exact) mass is 353 g/mol. The summed E-state index contributed by atoms with van der Waals surface area (Å²) in [5, 5.41) is 2.90. The fraction of sp³-hybridized carbons (Fsp3) is 0.429. The molecule has 2 aromatic rings. The van der Waals surface area contributed by atoms with Crippen molar-refractivity contribution in [2.75, 3.05) is 19.6 Å². The van der Waals surface area contributed by atoms with Crippen LogP contribution in [0.2, 0.25) is 0 Å². The van der Waals surface area contributed by atoms with E-state index in [1.165, 1.54) is 0 Å². The van der Waals surface area contributed by atoms with Gasteiger partial charge in [0.2, 0.25) is 5.91 Å². The van der Waals surface area contributed by atoms with Crippen LogP contribution in [0.5, 0.6) is 0 Å². The summed E-state index contributed by atoms with van der Waals surface area (Å²) >= 11 is 0. The van der Waals surface area contributed by atoms with Crippen LogP contribution < -0.4 is 5.32 Å². The highest BCUT2D eigenvalue weighted by Gasteiger charge is 2.19. The Morgan fingerprint density at radius 2 is 1.77 bits per heavy atom. The number of hydrogen-bond donors (Lipinski definition) is 1. The van der Waals surface area contributed by atoms with Crippen LogP contribution in [-0.2, 0) is 4.79 Å². The van der Waals surface area contributed by atoms with Gasteiger partial charge in [-0.15, -0.1) is 0 Å². The molecular weight excluding hydrogens is 326 g/mol. The second kappa shape index (κ2) is 7.77. The number of amides is 2. The van der Waals surface area contributed by atoms with Gasteiger partial charge in [0, 0.05) is 43.1 Å². The molecule has 1 aliphatic heterocycles. The molecule has 0 unspecified atom stereocenters. The molecule has 2 heterocycles. The average Bonchev–Trinajstić information content (AvgIpc) is 3.24. The van der Waals surface area contributed by atoms with Crippen molar-refractivity contribution in [3.8, 4) is 5.69 Å². The Morgan fingerprint density at radius 3 is 2.46 bits per heavy atom. The van der Waals surface area contributed by atoms with Crippen molar-refractivity contribution in [1.29, 1.82) is 0 Å². The minimum Gasteiger partial charge on any atom is -0.351 e. The highest BCUT2D eigenvalue weighted by Crippen LogP contribution is 2.23. The van der Waals surface area contributed by atoms with Crippen molar-refractivity contribution in [3.63, 3.8) is 0 Å². The lowest BCUT2D eigenvalue weighted by molar-refractivity contribution is -0.129. The molecule has 1 N–H and O–H groups in total. The number of para-hydroxylation sites is 1. The van der Waals surface area contributed by atoms with Crippen molar-refractivity contribution >= 4 is 11.8 Å². The molecule has 26 heavy (non-hydrogen) atoms. The third-order valence-electron chi connectivity index (χ3n) is 5.12. The SMILES string of the molecule is Cc1ccccc1-n1c(C)cc(C(=O)NCCC(=O)N2CCCC2)c1C. The zero-order chi connectivity index (χ0) is 18.7. The van der Waals surface area contributed by atoms with Crippen LogP contribution in [0.1, 0.15) is 46.6 Å². The van der Waals surface area contributed by atoms with E-state index in [1.807, 2.05) is 36.9 Å². The molecule has 3 rings (SSSR count). The smallest absolute Gasteiger partial charge is 0.253 e. The van der Waals surface area contributed by atoms with Gasteiger partial charge in [-0.2, -0.15) is 0 Å². The van der Waals surface area contributed by atoms with E-state index in [4.69, 9.17) is 0 Å². The second-order valence-electron chi connectivity index (χ2n) is 7.00. The highest BCUT2D eigenvalue weighted by atomic mass is 16.2. The van der Waals surface area contributed by atoms with Crippen LogP contribution >= 0.6 is 0 Å². The maximum atomic E-state index is 12.6. The number of carbonyl (C=O) groups is 2. The summed E-state index contributed by atoms with van der Waals surface area (Å²) in [4.78, 5) is 26.6. The van der Waals surface area contributed by atoms with Gasteiger partial charge in [-0.3, -0.25) is 9.59 Å². The number of benzene rings is 1. The molecule has 0 spiro atoms. The lowest BCUT2D eigenvalue weighted by atomic mass is 10.2. The minimum absolute atomic E-state index is 0.118. The minimum atomic E-state index is -0.118. The Morgan fingerprint density at radius 1 is 1.08 bits per heavy atom. The van der Waals surface area contributed by atoms with Crippen molar-refractivity contribution < 1.29 is 9.59 Å². The largest absolute Gasteiger partial charge is 0.351 e. The number of aromatic nitrogens is 1. The van der Waals surface area contributed by atoms with E-state index in [9.17, 15) is 9.59 Å². The second-order valence-corrected chi connectivity index (χ2v) is 7.00. The topological polar surface area (TPSA) is 54.3 Å². The van der Waals surface area contributed by atoms with Crippen LogP contribution in [0.4, 0.5) is 0 Å². The number of likely N-dealkylation sites (tertiary alicyclic amines) is 1. The molecule has 138 valence electrons. The Balaban J connectivity index is 1.68. The van der Waals surface area contributed by atoms with Gasteiger partial charge in [0.25, 0.3) is 5.91 Å². The zero-order valence-corrected chi connectivity index (χ0v) is 15.8. The van der Waals surface area contributed by atoms with Crippen molar-refractivity contribution in [2.24, 2.45) is 0 Å². The van der Waals surface area contributed by atoms with E-state index in [0.717, 1.165) is 48.6 Å². The van der Waals surface area contributed by atoms with Crippen molar-refractivity contribution in [2.45, 2.75) is 40.0 Å². The van der Waals surface area contributed by atoms with E-state index < -0.39 is 0 Å². The lowest BCUT2D eigenvalue weighted by Gasteiger charge is -2.15. The first-order chi connectivity index (χ1) is 12.5. The van der Waals surface area contributed by atoms with Gasteiger partial charge < -0.3 is 14.8 Å². The first kappa shape index (κ1) is 18.2. The van der Waals surface area contributed by atoms with Crippen LogP contribution in [-0.4, -0.2) is 40.9 Å². The molecule has 1 fully saturated rings. The Bertz CT molecular complexity index is 817. The van der Waals surface area contributed by atoms with Gasteiger partial charge in [0.1, 0.15) is 0 Å². The predicted molar refractivity (Wildman–Crippen MR) is 103 cm³/mol. The van der Waals surface area contributed by atoms with Crippen LogP contribution in [0, 0.1) is 20.8 Å². The summed E-state index contributed by atoms with van der Waals surface area (Å²) in [6, 6.07) is 10.1. The molecule has 0 aliphatic carbocycles. The van der Waals surface area contributed by atoms with Gasteiger partial charge in [0.15, 0.2) is 0 Å². The molecule has 5 nitrogen and oxygen atoms in total. The Hall–Kier alpha value is -2.56. The van der Waals surface area contributed by atoms with Crippen LogP contribution in [0.15, 0.2) is 30.3 Å². The summed E-state index contributed by atoms with van der Waals surface area (Å²) in [6.45, 7) is 8.12. The molecule has 0 atom stereocenters. The molecule has 2 amide bonds. The fourth-order valence-corrected chi connectivity index (χ4v) is 3.68. The van der Waals surface area contributed by atoms with Gasteiger partial charge in [0.05, 0.1) is 5.56 Å². The normalized spacial score (nSPS) is 13.9. The first-order valence-electron chi connectivity index (χ1n) is 9.30. The number of aryl methyl sites for hydroxylation is 2. The zero-order valence-electron chi connectivity index (χ0n) is 15.8. The summed E-state index contributed by atoms with van der Waals surface area (Å²) in [5.41, 5.74) is 4.86. The Labute approximate surface area is 155 Å². The quantitative estimate of drug-likeness (QED) is 0.898. The number of rotatable bonds is 5. The average molecular weight is 353 g/mol. The number of nitrogens with zero attached hydrogens (tertiary/aromatic N) is 2. The van der Waals surface area contributed by atoms with E-state index in [1.54, 1.807) is 0 Å². The Kier molecular flexibility index (Phi) is 5.45. The van der Waals surface area contributed by atoms with E-state index in [0.29, 0.717) is 18.5 Å². The summed E-state index contributed by atoms with van der Waals surface area (Å²) in [6.07, 6.45) is 2.54. The molecule has 1 aromatic heterocycles. The van der Waals surface area contributed by atoms with E-state index in [2.05, 4.69) is 28.9 Å². The van der Waals surface area contributed by atoms with Crippen LogP contribution in [0.25, 0.3) is 5.69 Å². The molecule has 1 saturated heterocycles. The van der Waals surface area contributed by atoms with Gasteiger partial charge in [-0.05, 0) is 51.3 Å². The lowest BCUT2D eigenvalue weighted by Crippen LogP contribution is -2.32. The molecule has 0 radical (unpaired) electrons. The summed E-state index contributed by atoms with van der Waals surface area (Å²) in [7, 11) is 0. The summed E-state index contributed by atoms with van der Waals surface area (Å²) < 4.78 is 2.11. The predicted octanol–water partition coefficient (Wildman–Crippen LogP) is 3.14. The number of hydrogen-bond acceptors (Lipinski definition) is 2. The molecule has 0 bridgehead atoms. The highest BCUT2D eigenvalue weighted by molar-refractivity contribution is 5.96. The van der Waals surface area contributed by atoms with Gasteiger partial charge in [-0.1, -0.05) is 18.2 Å². The standard InChI is InChI=1S/C21H27N3O2/c1-15-8-4-5-9-19(15)24-16(2)14-18(17(24)3)21(26)22-11-10-20(25)23-12-6-7-13-23/h4-5,8-9,14H,6-7,10-13H2,1-3H3,(H,22,26). The molecule has 1 aromatic carbocycles. The molecular formula is C21H27N3O2. The number of carbonyl (C=O) groups excluding carboxylic acids is 2. The maximum absolute atomic E-state index is 12.6. The summed E-state index contributed by atoms with van der Waals surface area (Å²) in [5.74, 6) is 0.0142. The fourth-order valence-electron chi connectivity index (χ4n) is 3.68.